The van der Waals surface area contributed by atoms with E-state index >= 15 is 0 Å². The van der Waals surface area contributed by atoms with Crippen LogP contribution in [0.3, 0.4) is 0 Å². The third kappa shape index (κ3) is 9.93. The van der Waals surface area contributed by atoms with Crippen LogP contribution in [0.2, 0.25) is 0 Å². The molecule has 5 N–H and O–H groups in total. The van der Waals surface area contributed by atoms with E-state index in [0.717, 1.165) is 34.6 Å². The highest BCUT2D eigenvalue weighted by Crippen LogP contribution is 2.34. The molecule has 298 valence electrons. The molecule has 4 heteroatoms. The number of nitrogens with two attached hydrogens (primary N) is 1. The fraction of sp³-hybridized carbons (Fsp3) is 0.107. The first-order valence-electron chi connectivity index (χ1n) is 20.7. The lowest BCUT2D eigenvalue weighted by molar-refractivity contribution is 0.875. The smallest absolute Gasteiger partial charge is 0.0572 e. The monoisotopic (exact) mass is 782 g/mol. The number of nitrogens with one attached hydrogen (secondary N) is 3. The molecule has 0 aliphatic heterocycles. The van der Waals surface area contributed by atoms with Crippen LogP contribution in [0.25, 0.3) is 54.5 Å². The number of H-pyrrole nitrogens is 1. The van der Waals surface area contributed by atoms with E-state index < -0.39 is 0 Å². The lowest BCUT2D eigenvalue weighted by Crippen LogP contribution is -2.13. The zero-order valence-electron chi connectivity index (χ0n) is 35.0. The SMILES string of the molecule is CC=CC/C=C\C=C/C.CNc1ccccc1C(N)c1ccc2ccccc2c1.Cc1cc(-c2ccc3c(c2)[nH]c2cc4ccccc4cc23)ccc1Nc1ccccc1. The van der Waals surface area contributed by atoms with E-state index in [2.05, 4.69) is 186 Å². The molecule has 0 amide bonds. The van der Waals surface area contributed by atoms with Crippen molar-refractivity contribution in [3.8, 4) is 11.1 Å². The topological polar surface area (TPSA) is 65.9 Å². The number of allylic oxidation sites excluding steroid dienone is 6. The van der Waals surface area contributed by atoms with E-state index in [1.54, 1.807) is 0 Å². The number of anilines is 3. The number of hydrogen-bond donors (Lipinski definition) is 4. The summed E-state index contributed by atoms with van der Waals surface area (Å²) in [5, 5.41) is 14.3. The van der Waals surface area contributed by atoms with Crippen molar-refractivity contribution >= 4 is 60.4 Å². The second-order valence-electron chi connectivity index (χ2n) is 14.8. The molecule has 1 heterocycles. The van der Waals surface area contributed by atoms with E-state index in [1.807, 2.05) is 63.4 Å². The summed E-state index contributed by atoms with van der Waals surface area (Å²) in [5.41, 5.74) is 18.0. The minimum absolute atomic E-state index is 0.122. The van der Waals surface area contributed by atoms with Gasteiger partial charge in [-0.1, -0.05) is 152 Å². The third-order valence-electron chi connectivity index (χ3n) is 10.7. The molecule has 9 rings (SSSR count). The van der Waals surface area contributed by atoms with Crippen LogP contribution in [0.5, 0.6) is 0 Å². The number of benzene rings is 8. The minimum Gasteiger partial charge on any atom is -0.388 e. The zero-order valence-corrected chi connectivity index (χ0v) is 35.0. The van der Waals surface area contributed by atoms with Gasteiger partial charge < -0.3 is 21.4 Å². The first-order valence-corrected chi connectivity index (χ1v) is 20.7. The summed E-state index contributed by atoms with van der Waals surface area (Å²) in [6.07, 6.45) is 13.5. The highest BCUT2D eigenvalue weighted by atomic mass is 14.9. The van der Waals surface area contributed by atoms with E-state index in [-0.39, 0.29) is 6.04 Å². The molecular weight excluding hydrogens is 729 g/mol. The number of aromatic nitrogens is 1. The highest BCUT2D eigenvalue weighted by molar-refractivity contribution is 6.12. The molecule has 0 fully saturated rings. The fourth-order valence-corrected chi connectivity index (χ4v) is 7.49. The standard InChI is InChI=1S/C29H22N2.C18H18N2.C9H14/c1-19-15-22(12-14-27(19)30-24-9-3-2-4-10-24)23-11-13-25-26-16-20-7-5-6-8-21(20)17-29(26)31-28(25)18-23;1-20-17-9-5-4-8-16(17)18(19)15-11-10-13-6-2-3-7-14(13)12-15;1-3-5-7-9-8-6-4-2/h2-18,30-31H,1H3;2-12,18,20H,19H2,1H3;3-7,9H,8H2,1-2H3/b;;5-3-,6-4?,9-7-. The number of aryl methyl sites for hydroxylation is 1. The van der Waals surface area contributed by atoms with Crippen molar-refractivity contribution in [3.63, 3.8) is 0 Å². The highest BCUT2D eigenvalue weighted by Gasteiger charge is 2.13. The molecule has 0 aliphatic carbocycles. The van der Waals surface area contributed by atoms with Crippen molar-refractivity contribution in [3.05, 3.63) is 223 Å². The second-order valence-corrected chi connectivity index (χ2v) is 14.8. The van der Waals surface area contributed by atoms with E-state index in [1.165, 1.54) is 60.0 Å². The molecular formula is C56H54N4. The largest absolute Gasteiger partial charge is 0.388 e. The lowest BCUT2D eigenvalue weighted by atomic mass is 9.96. The Labute approximate surface area is 354 Å². The van der Waals surface area contributed by atoms with Crippen LogP contribution in [0.15, 0.2) is 206 Å². The molecule has 0 bridgehead atoms. The van der Waals surface area contributed by atoms with Gasteiger partial charge in [0, 0.05) is 45.9 Å². The predicted molar refractivity (Wildman–Crippen MR) is 263 cm³/mol. The summed E-state index contributed by atoms with van der Waals surface area (Å²) < 4.78 is 0. The van der Waals surface area contributed by atoms with Gasteiger partial charge in [0.1, 0.15) is 0 Å². The Morgan fingerprint density at radius 3 is 1.93 bits per heavy atom. The van der Waals surface area contributed by atoms with Crippen molar-refractivity contribution in [1.29, 1.82) is 0 Å². The Balaban J connectivity index is 0.000000161. The molecule has 0 aliphatic rings. The molecule has 0 spiro atoms. The normalized spacial score (nSPS) is 11.9. The van der Waals surface area contributed by atoms with Gasteiger partial charge in [0.2, 0.25) is 0 Å². The number of hydrogen-bond acceptors (Lipinski definition) is 3. The van der Waals surface area contributed by atoms with Crippen LogP contribution in [0.4, 0.5) is 17.1 Å². The maximum absolute atomic E-state index is 6.44. The Hall–Kier alpha value is -7.14. The molecule has 0 saturated heterocycles. The summed E-state index contributed by atoms with van der Waals surface area (Å²) in [5.74, 6) is 0. The number of aromatic amines is 1. The van der Waals surface area contributed by atoms with Crippen LogP contribution in [0.1, 0.15) is 43.0 Å². The molecule has 8 aromatic carbocycles. The predicted octanol–water partition coefficient (Wildman–Crippen LogP) is 15.2. The van der Waals surface area contributed by atoms with Crippen LogP contribution in [0, 0.1) is 6.92 Å². The van der Waals surface area contributed by atoms with Crippen molar-refractivity contribution in [2.75, 3.05) is 17.7 Å². The van der Waals surface area contributed by atoms with Gasteiger partial charge in [-0.2, -0.15) is 0 Å². The van der Waals surface area contributed by atoms with Crippen molar-refractivity contribution in [2.24, 2.45) is 5.73 Å². The van der Waals surface area contributed by atoms with Crippen molar-refractivity contribution < 1.29 is 0 Å². The molecule has 9 aromatic rings. The summed E-state index contributed by atoms with van der Waals surface area (Å²) in [6, 6.07) is 59.5. The Morgan fingerprint density at radius 1 is 0.550 bits per heavy atom. The van der Waals surface area contributed by atoms with Crippen LogP contribution >= 0.6 is 0 Å². The lowest BCUT2D eigenvalue weighted by Gasteiger charge is -2.17. The molecule has 60 heavy (non-hydrogen) atoms. The maximum atomic E-state index is 6.44. The number of para-hydroxylation sites is 2. The first-order chi connectivity index (χ1) is 29.4. The Kier molecular flexibility index (Phi) is 13.7. The molecule has 0 saturated carbocycles. The molecule has 4 nitrogen and oxygen atoms in total. The van der Waals surface area contributed by atoms with Gasteiger partial charge in [-0.25, -0.2) is 0 Å². The Morgan fingerprint density at radius 2 is 1.20 bits per heavy atom. The van der Waals surface area contributed by atoms with Crippen molar-refractivity contribution in [1.82, 2.24) is 4.98 Å². The molecule has 0 radical (unpaired) electrons. The van der Waals surface area contributed by atoms with E-state index in [9.17, 15) is 0 Å². The van der Waals surface area contributed by atoms with Gasteiger partial charge in [0.25, 0.3) is 0 Å². The summed E-state index contributed by atoms with van der Waals surface area (Å²) in [4.78, 5) is 3.63. The van der Waals surface area contributed by atoms with E-state index in [0.29, 0.717) is 0 Å². The number of rotatable bonds is 9. The Bertz CT molecular complexity index is 2920. The molecule has 1 unspecified atom stereocenters. The average Bonchev–Trinajstić information content (AvgIpc) is 3.65. The maximum Gasteiger partial charge on any atom is 0.0572 e. The quantitative estimate of drug-likeness (QED) is 0.0871. The van der Waals surface area contributed by atoms with E-state index in [4.69, 9.17) is 5.73 Å². The first kappa shape index (κ1) is 41.0. The summed E-state index contributed by atoms with van der Waals surface area (Å²) in [7, 11) is 1.92. The van der Waals surface area contributed by atoms with Crippen LogP contribution in [-0.4, -0.2) is 12.0 Å². The molecule has 1 atom stereocenters. The fourth-order valence-electron chi connectivity index (χ4n) is 7.49. The number of fused-ring (bicyclic) bond motifs is 5. The van der Waals surface area contributed by atoms with Gasteiger partial charge in [-0.3, -0.25) is 0 Å². The van der Waals surface area contributed by atoms with Gasteiger partial charge >= 0.3 is 0 Å². The second kappa shape index (κ2) is 20.0. The molecule has 1 aromatic heterocycles. The zero-order chi connectivity index (χ0) is 41.7. The van der Waals surface area contributed by atoms with Crippen LogP contribution in [-0.2, 0) is 0 Å². The van der Waals surface area contributed by atoms with Gasteiger partial charge in [-0.15, -0.1) is 0 Å². The van der Waals surface area contributed by atoms with Gasteiger partial charge in [-0.05, 0) is 131 Å². The summed E-state index contributed by atoms with van der Waals surface area (Å²) in [6.45, 7) is 6.20. The van der Waals surface area contributed by atoms with Gasteiger partial charge in [0.15, 0.2) is 0 Å². The van der Waals surface area contributed by atoms with Crippen molar-refractivity contribution in [2.45, 2.75) is 33.2 Å². The minimum atomic E-state index is -0.122. The average molecular weight is 783 g/mol. The third-order valence-corrected chi connectivity index (χ3v) is 10.7. The van der Waals surface area contributed by atoms with Crippen LogP contribution < -0.4 is 16.4 Å². The van der Waals surface area contributed by atoms with Gasteiger partial charge in [0.05, 0.1) is 6.04 Å². The summed E-state index contributed by atoms with van der Waals surface area (Å²) >= 11 is 0.